The highest BCUT2D eigenvalue weighted by Gasteiger charge is 2.19. The van der Waals surface area contributed by atoms with E-state index in [2.05, 4.69) is 19.9 Å². The molecule has 1 aromatic heterocycles. The molecule has 0 amide bonds. The molecule has 1 saturated heterocycles. The van der Waals surface area contributed by atoms with Crippen LogP contribution in [-0.4, -0.2) is 66.4 Å². The Balaban J connectivity index is 1.51. The second-order valence-corrected chi connectivity index (χ2v) is 5.49. The van der Waals surface area contributed by atoms with Crippen LogP contribution in [0.25, 0.3) is 11.4 Å². The van der Waals surface area contributed by atoms with Gasteiger partial charge in [-0.05, 0) is 0 Å². The Bertz CT molecular complexity index is 565. The lowest BCUT2D eigenvalue weighted by atomic mass is 10.2. The molecule has 1 aliphatic rings. The van der Waals surface area contributed by atoms with Gasteiger partial charge in [-0.2, -0.15) is 4.98 Å². The maximum atomic E-state index is 5.38. The number of nitrogens with zero attached hydrogens (tertiary/aromatic N) is 4. The Kier molecular flexibility index (Phi) is 5.15. The highest BCUT2D eigenvalue weighted by Crippen LogP contribution is 2.16. The summed E-state index contributed by atoms with van der Waals surface area (Å²) in [6.45, 7) is 6.68. The van der Waals surface area contributed by atoms with Crippen LogP contribution in [-0.2, 0) is 11.3 Å². The van der Waals surface area contributed by atoms with Gasteiger partial charge < -0.3 is 9.26 Å². The summed E-state index contributed by atoms with van der Waals surface area (Å²) in [6, 6.07) is 9.91. The zero-order valence-corrected chi connectivity index (χ0v) is 12.9. The Morgan fingerprint density at radius 1 is 1.09 bits per heavy atom. The third-order valence-electron chi connectivity index (χ3n) is 3.94. The second kappa shape index (κ2) is 7.49. The van der Waals surface area contributed by atoms with E-state index in [1.165, 1.54) is 0 Å². The Morgan fingerprint density at radius 3 is 2.55 bits per heavy atom. The van der Waals surface area contributed by atoms with Crippen LogP contribution < -0.4 is 0 Å². The first kappa shape index (κ1) is 15.1. The van der Waals surface area contributed by atoms with Crippen molar-refractivity contribution in [2.24, 2.45) is 0 Å². The van der Waals surface area contributed by atoms with E-state index in [4.69, 9.17) is 9.26 Å². The minimum absolute atomic E-state index is 0.661. The maximum absolute atomic E-state index is 5.38. The van der Waals surface area contributed by atoms with E-state index < -0.39 is 0 Å². The summed E-state index contributed by atoms with van der Waals surface area (Å²) in [5.74, 6) is 1.35. The van der Waals surface area contributed by atoms with E-state index in [9.17, 15) is 0 Å². The fraction of sp³-hybridized carbons (Fsp3) is 0.500. The zero-order valence-electron chi connectivity index (χ0n) is 12.9. The highest BCUT2D eigenvalue weighted by molar-refractivity contribution is 5.53. The molecular formula is C16H22N4O2. The van der Waals surface area contributed by atoms with Crippen molar-refractivity contribution in [3.8, 4) is 11.4 Å². The van der Waals surface area contributed by atoms with Crippen LogP contribution in [0.15, 0.2) is 34.9 Å². The molecule has 0 aliphatic carbocycles. The van der Waals surface area contributed by atoms with Gasteiger partial charge in [-0.1, -0.05) is 35.5 Å². The third-order valence-corrected chi connectivity index (χ3v) is 3.94. The van der Waals surface area contributed by atoms with Gasteiger partial charge in [0.05, 0.1) is 13.2 Å². The molecule has 22 heavy (non-hydrogen) atoms. The lowest BCUT2D eigenvalue weighted by Gasteiger charge is -2.33. The fourth-order valence-corrected chi connectivity index (χ4v) is 2.61. The Morgan fingerprint density at radius 2 is 1.82 bits per heavy atom. The van der Waals surface area contributed by atoms with E-state index in [-0.39, 0.29) is 0 Å². The summed E-state index contributed by atoms with van der Waals surface area (Å²) in [5.41, 5.74) is 0.988. The average Bonchev–Trinajstić information content (AvgIpc) is 3.04. The van der Waals surface area contributed by atoms with Crippen molar-refractivity contribution in [2.45, 2.75) is 6.54 Å². The lowest BCUT2D eigenvalue weighted by Crippen LogP contribution is -2.46. The number of methoxy groups -OCH3 is 1. The molecule has 2 aromatic rings. The molecule has 0 spiro atoms. The van der Waals surface area contributed by atoms with Crippen molar-refractivity contribution >= 4 is 0 Å². The molecule has 6 heteroatoms. The summed E-state index contributed by atoms with van der Waals surface area (Å²) in [6.07, 6.45) is 0. The highest BCUT2D eigenvalue weighted by atomic mass is 16.5. The summed E-state index contributed by atoms with van der Waals surface area (Å²) in [5, 5.41) is 4.07. The van der Waals surface area contributed by atoms with Gasteiger partial charge >= 0.3 is 0 Å². The quantitative estimate of drug-likeness (QED) is 0.806. The number of benzene rings is 1. The third kappa shape index (κ3) is 3.91. The van der Waals surface area contributed by atoms with Crippen LogP contribution in [0.3, 0.4) is 0 Å². The van der Waals surface area contributed by atoms with Crippen LogP contribution in [0, 0.1) is 0 Å². The van der Waals surface area contributed by atoms with Crippen LogP contribution in [0.1, 0.15) is 5.89 Å². The molecule has 1 aromatic carbocycles. The van der Waals surface area contributed by atoms with E-state index >= 15 is 0 Å². The summed E-state index contributed by atoms with van der Waals surface area (Å²) < 4.78 is 10.5. The van der Waals surface area contributed by atoms with Gasteiger partial charge in [-0.25, -0.2) is 0 Å². The second-order valence-electron chi connectivity index (χ2n) is 5.49. The average molecular weight is 302 g/mol. The van der Waals surface area contributed by atoms with Crippen molar-refractivity contribution in [3.63, 3.8) is 0 Å². The number of ether oxygens (including phenoxy) is 1. The minimum atomic E-state index is 0.661. The Hall–Kier alpha value is -1.76. The predicted octanol–water partition coefficient (Wildman–Crippen LogP) is 1.50. The van der Waals surface area contributed by atoms with Crippen molar-refractivity contribution in [3.05, 3.63) is 36.2 Å². The zero-order chi connectivity index (χ0) is 15.2. The van der Waals surface area contributed by atoms with Crippen molar-refractivity contribution in [1.29, 1.82) is 0 Å². The first-order valence-electron chi connectivity index (χ1n) is 7.67. The van der Waals surface area contributed by atoms with Gasteiger partial charge in [-0.15, -0.1) is 0 Å². The van der Waals surface area contributed by atoms with E-state index in [0.29, 0.717) is 11.7 Å². The molecule has 1 fully saturated rings. The molecule has 0 N–H and O–H groups in total. The molecule has 118 valence electrons. The molecule has 0 radical (unpaired) electrons. The molecule has 3 rings (SSSR count). The normalized spacial score (nSPS) is 17.0. The predicted molar refractivity (Wildman–Crippen MR) is 83.3 cm³/mol. The van der Waals surface area contributed by atoms with Crippen LogP contribution in [0.5, 0.6) is 0 Å². The number of rotatable bonds is 6. The van der Waals surface area contributed by atoms with Crippen molar-refractivity contribution in [2.75, 3.05) is 46.4 Å². The Labute approximate surface area is 130 Å². The smallest absolute Gasteiger partial charge is 0.241 e. The monoisotopic (exact) mass is 302 g/mol. The van der Waals surface area contributed by atoms with Crippen LogP contribution >= 0.6 is 0 Å². The summed E-state index contributed by atoms with van der Waals surface area (Å²) in [7, 11) is 1.75. The van der Waals surface area contributed by atoms with Crippen molar-refractivity contribution < 1.29 is 9.26 Å². The van der Waals surface area contributed by atoms with Gasteiger partial charge in [0.25, 0.3) is 0 Å². The topological polar surface area (TPSA) is 54.6 Å². The molecule has 0 unspecified atom stereocenters. The lowest BCUT2D eigenvalue weighted by molar-refractivity contribution is 0.0883. The van der Waals surface area contributed by atoms with Gasteiger partial charge in [0.1, 0.15) is 0 Å². The number of hydrogen-bond donors (Lipinski definition) is 0. The molecular weight excluding hydrogens is 280 g/mol. The maximum Gasteiger partial charge on any atom is 0.241 e. The van der Waals surface area contributed by atoms with Gasteiger partial charge in [-0.3, -0.25) is 9.80 Å². The summed E-state index contributed by atoms with van der Waals surface area (Å²) in [4.78, 5) is 9.26. The summed E-state index contributed by atoms with van der Waals surface area (Å²) >= 11 is 0. The van der Waals surface area contributed by atoms with E-state index in [1.807, 2.05) is 30.3 Å². The van der Waals surface area contributed by atoms with Crippen LogP contribution in [0.2, 0.25) is 0 Å². The number of piperazine rings is 1. The van der Waals surface area contributed by atoms with Gasteiger partial charge in [0.2, 0.25) is 11.7 Å². The van der Waals surface area contributed by atoms with E-state index in [1.54, 1.807) is 7.11 Å². The molecule has 2 heterocycles. The SMILES string of the molecule is COCCN1CCN(Cc2nc(-c3ccccc3)no2)CC1. The molecule has 0 bridgehead atoms. The standard InChI is InChI=1S/C16H22N4O2/c1-21-12-11-19-7-9-20(10-8-19)13-15-17-16(18-22-15)14-5-3-2-4-6-14/h2-6H,7-13H2,1H3. The van der Waals surface area contributed by atoms with Crippen LogP contribution in [0.4, 0.5) is 0 Å². The molecule has 0 atom stereocenters. The fourth-order valence-electron chi connectivity index (χ4n) is 2.61. The first-order valence-corrected chi connectivity index (χ1v) is 7.67. The minimum Gasteiger partial charge on any atom is -0.383 e. The molecule has 0 saturated carbocycles. The number of aromatic nitrogens is 2. The van der Waals surface area contributed by atoms with Crippen molar-refractivity contribution in [1.82, 2.24) is 19.9 Å². The number of hydrogen-bond acceptors (Lipinski definition) is 6. The first-order chi connectivity index (χ1) is 10.8. The molecule has 1 aliphatic heterocycles. The van der Waals surface area contributed by atoms with E-state index in [0.717, 1.165) is 51.4 Å². The van der Waals surface area contributed by atoms with Gasteiger partial charge in [0, 0.05) is 45.4 Å². The molecule has 6 nitrogen and oxygen atoms in total. The van der Waals surface area contributed by atoms with Gasteiger partial charge in [0.15, 0.2) is 0 Å². The largest absolute Gasteiger partial charge is 0.383 e.